The lowest BCUT2D eigenvalue weighted by Gasteiger charge is -2.11. The van der Waals surface area contributed by atoms with Crippen LogP contribution in [0.3, 0.4) is 0 Å². The average Bonchev–Trinajstić information content (AvgIpc) is 2.63. The predicted octanol–water partition coefficient (Wildman–Crippen LogP) is 0.797. The molecule has 1 unspecified atom stereocenters. The first-order valence-corrected chi connectivity index (χ1v) is 4.69. The van der Waals surface area contributed by atoms with E-state index in [1.54, 1.807) is 6.92 Å². The normalized spacial score (nSPS) is 11.9. The van der Waals surface area contributed by atoms with E-state index < -0.39 is 11.9 Å². The third-order valence-electron chi connectivity index (χ3n) is 1.85. The van der Waals surface area contributed by atoms with Crippen molar-refractivity contribution in [1.82, 2.24) is 10.6 Å². The van der Waals surface area contributed by atoms with E-state index in [0.29, 0.717) is 0 Å². The average molecular weight is 231 g/mol. The van der Waals surface area contributed by atoms with Gasteiger partial charge in [0.1, 0.15) is 6.04 Å². The van der Waals surface area contributed by atoms with Crippen LogP contribution in [0.15, 0.2) is 16.7 Å². The van der Waals surface area contributed by atoms with Gasteiger partial charge in [-0.15, -0.1) is 0 Å². The van der Waals surface area contributed by atoms with Crippen LogP contribution in [0.25, 0.3) is 0 Å². The lowest BCUT2D eigenvalue weighted by atomic mass is 10.2. The van der Waals surface area contributed by atoms with Gasteiger partial charge in [0.15, 0.2) is 0 Å². The molecule has 0 bridgehead atoms. The zero-order valence-corrected chi connectivity index (χ0v) is 9.09. The highest BCUT2D eigenvalue weighted by molar-refractivity contribution is 6.32. The Morgan fingerprint density at radius 1 is 1.53 bits per heavy atom. The van der Waals surface area contributed by atoms with E-state index in [2.05, 4.69) is 10.6 Å². The number of hydrogen-bond acceptors (Lipinski definition) is 3. The number of carbonyl (C=O) groups excluding carboxylic acids is 2. The number of furan rings is 1. The monoisotopic (exact) mass is 230 g/mol. The highest BCUT2D eigenvalue weighted by Gasteiger charge is 2.18. The number of nitrogens with one attached hydrogen (secondary N) is 2. The Hall–Kier alpha value is -1.49. The van der Waals surface area contributed by atoms with Gasteiger partial charge in [-0.3, -0.25) is 9.59 Å². The maximum Gasteiger partial charge on any atom is 0.256 e. The van der Waals surface area contributed by atoms with E-state index in [1.165, 1.54) is 19.4 Å². The summed E-state index contributed by atoms with van der Waals surface area (Å²) < 4.78 is 4.76. The summed E-state index contributed by atoms with van der Waals surface area (Å²) in [5.41, 5.74) is 0.215. The van der Waals surface area contributed by atoms with E-state index in [1.807, 2.05) is 0 Å². The first kappa shape index (κ1) is 11.6. The molecule has 0 aliphatic heterocycles. The van der Waals surface area contributed by atoms with E-state index in [4.69, 9.17) is 16.0 Å². The van der Waals surface area contributed by atoms with Gasteiger partial charge in [0.05, 0.1) is 11.8 Å². The van der Waals surface area contributed by atoms with Crippen molar-refractivity contribution in [2.45, 2.75) is 13.0 Å². The number of hydrogen-bond donors (Lipinski definition) is 2. The summed E-state index contributed by atoms with van der Waals surface area (Å²) in [5.74, 6) is -0.715. The molecule has 6 heteroatoms. The minimum absolute atomic E-state index is 0.0107. The Morgan fingerprint density at radius 2 is 2.20 bits per heavy atom. The maximum atomic E-state index is 11.5. The van der Waals surface area contributed by atoms with Crippen molar-refractivity contribution < 1.29 is 14.0 Å². The smallest absolute Gasteiger partial charge is 0.256 e. The van der Waals surface area contributed by atoms with Gasteiger partial charge in [0.25, 0.3) is 5.91 Å². The van der Waals surface area contributed by atoms with Gasteiger partial charge in [0.2, 0.25) is 11.1 Å². The number of likely N-dealkylation sites (N-methyl/N-ethyl adjacent to an activating group) is 1. The molecular weight excluding hydrogens is 220 g/mol. The molecule has 0 radical (unpaired) electrons. The van der Waals surface area contributed by atoms with Crippen LogP contribution in [0.5, 0.6) is 0 Å². The van der Waals surface area contributed by atoms with Crippen LogP contribution in [0.1, 0.15) is 17.3 Å². The molecule has 0 saturated heterocycles. The van der Waals surface area contributed by atoms with Crippen molar-refractivity contribution >= 4 is 23.4 Å². The summed E-state index contributed by atoms with van der Waals surface area (Å²) in [4.78, 5) is 22.6. The van der Waals surface area contributed by atoms with Gasteiger partial charge < -0.3 is 15.1 Å². The minimum atomic E-state index is -0.617. The lowest BCUT2D eigenvalue weighted by molar-refractivity contribution is -0.122. The Morgan fingerprint density at radius 3 is 2.67 bits per heavy atom. The third-order valence-corrected chi connectivity index (χ3v) is 2.14. The summed E-state index contributed by atoms with van der Waals surface area (Å²) in [6.45, 7) is 1.57. The lowest BCUT2D eigenvalue weighted by Crippen LogP contribution is -2.43. The topological polar surface area (TPSA) is 71.3 Å². The van der Waals surface area contributed by atoms with Gasteiger partial charge in [-0.25, -0.2) is 0 Å². The minimum Gasteiger partial charge on any atom is -0.452 e. The first-order valence-electron chi connectivity index (χ1n) is 4.31. The molecular formula is C9H11ClN2O3. The molecule has 0 saturated carbocycles. The number of amides is 2. The zero-order chi connectivity index (χ0) is 11.4. The second-order valence-electron chi connectivity index (χ2n) is 2.92. The molecule has 82 valence electrons. The maximum absolute atomic E-state index is 11.5. The van der Waals surface area contributed by atoms with Crippen molar-refractivity contribution in [1.29, 1.82) is 0 Å². The Bertz CT molecular complexity index is 375. The molecule has 0 fully saturated rings. The summed E-state index contributed by atoms with van der Waals surface area (Å²) in [6.07, 6.45) is 1.31. The van der Waals surface area contributed by atoms with Crippen LogP contribution in [-0.4, -0.2) is 24.9 Å². The number of rotatable bonds is 3. The Kier molecular flexibility index (Phi) is 3.74. The van der Waals surface area contributed by atoms with E-state index in [-0.39, 0.29) is 16.7 Å². The van der Waals surface area contributed by atoms with E-state index in [0.717, 1.165) is 0 Å². The zero-order valence-electron chi connectivity index (χ0n) is 8.33. The molecule has 0 aliphatic rings. The molecule has 0 aliphatic carbocycles. The van der Waals surface area contributed by atoms with Crippen LogP contribution < -0.4 is 10.6 Å². The summed E-state index contributed by atoms with van der Waals surface area (Å²) in [5, 5.41) is 4.91. The van der Waals surface area contributed by atoms with Crippen LogP contribution >= 0.6 is 11.6 Å². The second kappa shape index (κ2) is 4.84. The van der Waals surface area contributed by atoms with Crippen molar-refractivity contribution in [3.63, 3.8) is 0 Å². The van der Waals surface area contributed by atoms with Crippen molar-refractivity contribution in [2.24, 2.45) is 0 Å². The number of halogens is 1. The van der Waals surface area contributed by atoms with Crippen LogP contribution in [0.2, 0.25) is 5.22 Å². The summed E-state index contributed by atoms with van der Waals surface area (Å²) >= 11 is 5.60. The van der Waals surface area contributed by atoms with Gasteiger partial charge >= 0.3 is 0 Å². The van der Waals surface area contributed by atoms with Crippen LogP contribution in [0, 0.1) is 0 Å². The fourth-order valence-corrected chi connectivity index (χ4v) is 1.21. The molecule has 0 spiro atoms. The molecule has 1 heterocycles. The standard InChI is InChI=1S/C9H11ClN2O3/c1-5(8(13)11-2)12-9(14)6-3-4-15-7(6)10/h3-5H,1-2H3,(H,11,13)(H,12,14). The molecule has 5 nitrogen and oxygen atoms in total. The molecule has 15 heavy (non-hydrogen) atoms. The quantitative estimate of drug-likeness (QED) is 0.807. The highest BCUT2D eigenvalue weighted by Crippen LogP contribution is 2.16. The van der Waals surface area contributed by atoms with Gasteiger partial charge in [-0.1, -0.05) is 0 Å². The molecule has 1 rings (SSSR count). The Balaban J connectivity index is 2.64. The second-order valence-corrected chi connectivity index (χ2v) is 3.26. The van der Waals surface area contributed by atoms with Crippen molar-refractivity contribution in [2.75, 3.05) is 7.05 Å². The molecule has 1 aromatic rings. The highest BCUT2D eigenvalue weighted by atomic mass is 35.5. The Labute approximate surface area is 91.8 Å². The number of carbonyl (C=O) groups is 2. The third kappa shape index (κ3) is 2.73. The predicted molar refractivity (Wildman–Crippen MR) is 54.7 cm³/mol. The first-order chi connectivity index (χ1) is 7.06. The summed E-state index contributed by atoms with van der Waals surface area (Å²) in [7, 11) is 1.50. The molecule has 0 aromatic carbocycles. The van der Waals surface area contributed by atoms with Crippen molar-refractivity contribution in [3.05, 3.63) is 23.1 Å². The fraction of sp³-hybridized carbons (Fsp3) is 0.333. The SMILES string of the molecule is CNC(=O)C(C)NC(=O)c1ccoc1Cl. The largest absolute Gasteiger partial charge is 0.452 e. The van der Waals surface area contributed by atoms with Gasteiger partial charge in [-0.05, 0) is 24.6 Å². The van der Waals surface area contributed by atoms with Crippen molar-refractivity contribution in [3.8, 4) is 0 Å². The van der Waals surface area contributed by atoms with Gasteiger partial charge in [-0.2, -0.15) is 0 Å². The van der Waals surface area contributed by atoms with Crippen LogP contribution in [0.4, 0.5) is 0 Å². The molecule has 2 amide bonds. The summed E-state index contributed by atoms with van der Waals surface area (Å²) in [6, 6.07) is 0.822. The van der Waals surface area contributed by atoms with Gasteiger partial charge in [0, 0.05) is 7.05 Å². The molecule has 1 aromatic heterocycles. The van der Waals surface area contributed by atoms with E-state index in [9.17, 15) is 9.59 Å². The molecule has 1 atom stereocenters. The molecule has 2 N–H and O–H groups in total. The van der Waals surface area contributed by atoms with E-state index >= 15 is 0 Å². The fourth-order valence-electron chi connectivity index (χ4n) is 1.01. The van der Waals surface area contributed by atoms with Crippen LogP contribution in [-0.2, 0) is 4.79 Å².